The molecule has 2 aromatic heterocycles. The maximum atomic E-state index is 14.5. The van der Waals surface area contributed by atoms with Gasteiger partial charge in [-0.25, -0.2) is 4.39 Å². The molecule has 0 spiro atoms. The zero-order valence-electron chi connectivity index (χ0n) is 19.5. The number of anilines is 1. The first-order chi connectivity index (χ1) is 18.1. The van der Waals surface area contributed by atoms with Crippen molar-refractivity contribution in [1.82, 2.24) is 14.9 Å². The molecule has 3 heterocycles. The number of nitrogens with zero attached hydrogens (tertiary/aromatic N) is 5. The Hall–Kier alpha value is -3.58. The molecular weight excluding hydrogens is 574 g/mol. The van der Waals surface area contributed by atoms with Gasteiger partial charge in [-0.15, -0.1) is 21.5 Å². The van der Waals surface area contributed by atoms with Crippen molar-refractivity contribution in [2.24, 2.45) is 5.10 Å². The van der Waals surface area contributed by atoms with Crippen LogP contribution in [0.15, 0.2) is 57.6 Å². The molecule has 192 valence electrons. The summed E-state index contributed by atoms with van der Waals surface area (Å²) in [6.45, 7) is 3.30. The van der Waals surface area contributed by atoms with Crippen molar-refractivity contribution >= 4 is 74.7 Å². The van der Waals surface area contributed by atoms with Crippen LogP contribution in [0.2, 0.25) is 10.0 Å². The molecule has 9 nitrogen and oxygen atoms in total. The van der Waals surface area contributed by atoms with Crippen LogP contribution in [0.3, 0.4) is 0 Å². The number of aryl methyl sites for hydroxylation is 1. The molecule has 0 bridgehead atoms. The van der Waals surface area contributed by atoms with E-state index in [0.29, 0.717) is 32.2 Å². The summed E-state index contributed by atoms with van der Waals surface area (Å²) in [5.41, 5.74) is 1.87. The van der Waals surface area contributed by atoms with Gasteiger partial charge in [0.2, 0.25) is 11.1 Å². The first-order valence-corrected chi connectivity index (χ1v) is 13.2. The van der Waals surface area contributed by atoms with Crippen molar-refractivity contribution in [3.05, 3.63) is 90.0 Å². The van der Waals surface area contributed by atoms with Crippen LogP contribution in [0.25, 0.3) is 16.8 Å². The summed E-state index contributed by atoms with van der Waals surface area (Å²) in [5.74, 6) is -0.464. The van der Waals surface area contributed by atoms with Gasteiger partial charge in [0, 0.05) is 29.5 Å². The molecule has 0 aliphatic carbocycles. The Morgan fingerprint density at radius 3 is 2.71 bits per heavy atom. The van der Waals surface area contributed by atoms with Gasteiger partial charge in [-0.3, -0.25) is 14.9 Å². The monoisotopic (exact) mass is 588 g/mol. The van der Waals surface area contributed by atoms with Crippen LogP contribution in [0.5, 0.6) is 0 Å². The molecule has 5 rings (SSSR count). The molecule has 38 heavy (non-hydrogen) atoms. The number of nitrogens with one attached hydrogen (secondary N) is 1. The molecule has 0 saturated heterocycles. The standard InChI is InChI=1S/C24H15Cl2FN6O3S2/c1-11-6-20(28-12(2)34)38-22(11)23-29-30-24-32(23)31-21(15-9-18(27)17(26)10-16(15)25)19(37-24)8-13-4-3-5-14(7-13)33(35)36/h3-10H,1-2H3,(H,28,34)/b19-8-. The van der Waals surface area contributed by atoms with Crippen molar-refractivity contribution in [3.8, 4) is 10.7 Å². The number of aromatic nitrogens is 3. The number of non-ortho nitro benzene ring substituents is 1. The Bertz CT molecular complexity index is 1700. The normalized spacial score (nSPS) is 13.8. The van der Waals surface area contributed by atoms with Crippen molar-refractivity contribution in [2.75, 3.05) is 5.32 Å². The van der Waals surface area contributed by atoms with Gasteiger partial charge in [0.25, 0.3) is 5.69 Å². The Labute approximate surface area is 233 Å². The average molecular weight is 589 g/mol. The van der Waals surface area contributed by atoms with Crippen molar-refractivity contribution in [2.45, 2.75) is 19.0 Å². The van der Waals surface area contributed by atoms with E-state index in [2.05, 4.69) is 15.5 Å². The quantitative estimate of drug-likeness (QED) is 0.152. The molecule has 4 aromatic rings. The molecule has 0 atom stereocenters. The molecule has 1 aliphatic heterocycles. The van der Waals surface area contributed by atoms with Crippen LogP contribution in [-0.4, -0.2) is 31.4 Å². The fourth-order valence-electron chi connectivity index (χ4n) is 3.66. The van der Waals surface area contributed by atoms with E-state index >= 15 is 0 Å². The maximum Gasteiger partial charge on any atom is 0.270 e. The maximum absolute atomic E-state index is 14.5. The van der Waals surface area contributed by atoms with Crippen LogP contribution >= 0.6 is 46.3 Å². The fraction of sp³-hybridized carbons (Fsp3) is 0.0833. The van der Waals surface area contributed by atoms with Crippen LogP contribution in [-0.2, 0) is 4.79 Å². The van der Waals surface area contributed by atoms with E-state index in [-0.39, 0.29) is 27.2 Å². The number of rotatable bonds is 5. The number of carbonyl (C=O) groups is 1. The number of thioether (sulfide) groups is 1. The first kappa shape index (κ1) is 26.0. The van der Waals surface area contributed by atoms with Gasteiger partial charge in [0.05, 0.1) is 24.8 Å². The van der Waals surface area contributed by atoms with Gasteiger partial charge in [-0.05, 0) is 54.1 Å². The summed E-state index contributed by atoms with van der Waals surface area (Å²) in [5, 5.41) is 28.5. The van der Waals surface area contributed by atoms with Crippen molar-refractivity contribution < 1.29 is 14.1 Å². The summed E-state index contributed by atoms with van der Waals surface area (Å²) >= 11 is 14.9. The summed E-state index contributed by atoms with van der Waals surface area (Å²) < 4.78 is 16.1. The Morgan fingerprint density at radius 1 is 1.18 bits per heavy atom. The number of thiophene rings is 1. The topological polar surface area (TPSA) is 115 Å². The third kappa shape index (κ3) is 5.07. The van der Waals surface area contributed by atoms with E-state index in [1.165, 1.54) is 59.0 Å². The second kappa shape index (κ2) is 10.3. The highest BCUT2D eigenvalue weighted by Crippen LogP contribution is 2.41. The minimum absolute atomic E-state index is 0.0807. The lowest BCUT2D eigenvalue weighted by Crippen LogP contribution is -2.13. The Balaban J connectivity index is 1.68. The number of halogens is 3. The third-order valence-electron chi connectivity index (χ3n) is 5.31. The van der Waals surface area contributed by atoms with Crippen molar-refractivity contribution in [1.29, 1.82) is 0 Å². The predicted molar refractivity (Wildman–Crippen MR) is 148 cm³/mol. The van der Waals surface area contributed by atoms with E-state index in [0.717, 1.165) is 10.4 Å². The van der Waals surface area contributed by atoms with Gasteiger partial charge >= 0.3 is 0 Å². The lowest BCUT2D eigenvalue weighted by Gasteiger charge is -2.18. The molecule has 1 N–H and O–H groups in total. The molecule has 0 unspecified atom stereocenters. The number of nitro benzene ring substituents is 1. The van der Waals surface area contributed by atoms with E-state index in [4.69, 9.17) is 28.3 Å². The minimum atomic E-state index is -0.683. The van der Waals surface area contributed by atoms with Gasteiger partial charge < -0.3 is 5.32 Å². The summed E-state index contributed by atoms with van der Waals surface area (Å²) in [6, 6.07) is 10.4. The van der Waals surface area contributed by atoms with Gasteiger partial charge in [0.15, 0.2) is 5.82 Å². The summed E-state index contributed by atoms with van der Waals surface area (Å²) in [6.07, 6.45) is 1.68. The molecule has 14 heteroatoms. The predicted octanol–water partition coefficient (Wildman–Crippen LogP) is 7.03. The molecular formula is C24H15Cl2FN6O3S2. The van der Waals surface area contributed by atoms with Crippen LogP contribution in [0, 0.1) is 22.9 Å². The largest absolute Gasteiger partial charge is 0.318 e. The van der Waals surface area contributed by atoms with Crippen molar-refractivity contribution in [3.63, 3.8) is 0 Å². The Morgan fingerprint density at radius 2 is 1.97 bits per heavy atom. The zero-order chi connectivity index (χ0) is 27.1. The number of benzene rings is 2. The molecule has 1 amide bonds. The highest BCUT2D eigenvalue weighted by atomic mass is 35.5. The second-order valence-electron chi connectivity index (χ2n) is 8.08. The lowest BCUT2D eigenvalue weighted by atomic mass is 10.1. The number of amides is 1. The Kier molecular flexibility index (Phi) is 7.05. The number of hydrogen-bond acceptors (Lipinski definition) is 8. The third-order valence-corrected chi connectivity index (χ3v) is 8.03. The first-order valence-electron chi connectivity index (χ1n) is 10.8. The van der Waals surface area contributed by atoms with Crippen LogP contribution in [0.1, 0.15) is 23.6 Å². The molecule has 0 fully saturated rings. The van der Waals surface area contributed by atoms with Gasteiger partial charge in [-0.2, -0.15) is 9.78 Å². The fourth-order valence-corrected chi connectivity index (χ4v) is 6.16. The van der Waals surface area contributed by atoms with E-state index in [9.17, 15) is 19.3 Å². The molecule has 0 radical (unpaired) electrons. The van der Waals surface area contributed by atoms with Crippen LogP contribution < -0.4 is 5.32 Å². The number of fused-ring (bicyclic) bond motifs is 1. The number of nitro groups is 1. The highest BCUT2D eigenvalue weighted by Gasteiger charge is 2.28. The van der Waals surface area contributed by atoms with Crippen LogP contribution in [0.4, 0.5) is 15.1 Å². The lowest BCUT2D eigenvalue weighted by molar-refractivity contribution is -0.384. The van der Waals surface area contributed by atoms with E-state index < -0.39 is 10.7 Å². The summed E-state index contributed by atoms with van der Waals surface area (Å²) in [4.78, 5) is 23.6. The molecule has 2 aromatic carbocycles. The SMILES string of the molecule is CC(=O)Nc1cc(C)c(-c2nnc3n2N=C(c2cc(F)c(Cl)cc2Cl)/C(=C/c2cccc([N+](=O)[O-])c2)S3)s1. The van der Waals surface area contributed by atoms with E-state index in [1.807, 2.05) is 13.0 Å². The number of hydrogen-bond donors (Lipinski definition) is 1. The average Bonchev–Trinajstić information content (AvgIpc) is 3.42. The number of carbonyl (C=O) groups excluding carboxylic acids is 1. The highest BCUT2D eigenvalue weighted by molar-refractivity contribution is 8.04. The molecule has 0 saturated carbocycles. The molecule has 1 aliphatic rings. The summed E-state index contributed by atoms with van der Waals surface area (Å²) in [7, 11) is 0. The number of allylic oxidation sites excluding steroid dienone is 1. The smallest absolute Gasteiger partial charge is 0.270 e. The van der Waals surface area contributed by atoms with Gasteiger partial charge in [0.1, 0.15) is 11.5 Å². The van der Waals surface area contributed by atoms with Gasteiger partial charge in [-0.1, -0.05) is 35.3 Å². The van der Waals surface area contributed by atoms with E-state index in [1.54, 1.807) is 18.2 Å². The second-order valence-corrected chi connectivity index (χ2v) is 11.0. The minimum Gasteiger partial charge on any atom is -0.318 e. The zero-order valence-corrected chi connectivity index (χ0v) is 22.7.